The highest BCUT2D eigenvalue weighted by Gasteiger charge is 2.23. The summed E-state index contributed by atoms with van der Waals surface area (Å²) in [7, 11) is 1.90. The van der Waals surface area contributed by atoms with Crippen molar-refractivity contribution in [2.75, 3.05) is 26.7 Å². The Kier molecular flexibility index (Phi) is 5.21. The topological polar surface area (TPSA) is 87.5 Å². The first-order chi connectivity index (χ1) is 7.63. The van der Waals surface area contributed by atoms with Crippen LogP contribution in [-0.4, -0.2) is 49.6 Å². The van der Waals surface area contributed by atoms with Crippen LogP contribution < -0.4 is 16.4 Å². The fourth-order valence-electron chi connectivity index (χ4n) is 2.10. The van der Waals surface area contributed by atoms with Crippen LogP contribution in [0.2, 0.25) is 0 Å². The molecular formula is C10H20N4O2. The van der Waals surface area contributed by atoms with Gasteiger partial charge in [0.1, 0.15) is 0 Å². The van der Waals surface area contributed by atoms with Crippen LogP contribution in [0.1, 0.15) is 19.3 Å². The summed E-state index contributed by atoms with van der Waals surface area (Å²) in [5, 5.41) is 5.21. The number of nitrogens with one attached hydrogen (secondary N) is 2. The summed E-state index contributed by atoms with van der Waals surface area (Å²) >= 11 is 0. The van der Waals surface area contributed by atoms with Crippen LogP contribution in [0.5, 0.6) is 0 Å². The molecular weight excluding hydrogens is 208 g/mol. The van der Waals surface area contributed by atoms with Gasteiger partial charge in [-0.2, -0.15) is 0 Å². The molecule has 92 valence electrons. The summed E-state index contributed by atoms with van der Waals surface area (Å²) in [5.74, 6) is -0.324. The highest BCUT2D eigenvalue weighted by Crippen LogP contribution is 2.15. The normalized spacial score (nSPS) is 21.7. The van der Waals surface area contributed by atoms with Crippen molar-refractivity contribution < 1.29 is 9.59 Å². The Morgan fingerprint density at radius 1 is 1.44 bits per heavy atom. The molecule has 0 aromatic rings. The number of nitrogens with two attached hydrogens (primary N) is 1. The number of piperidine rings is 1. The van der Waals surface area contributed by atoms with Gasteiger partial charge in [0.05, 0.1) is 6.54 Å². The van der Waals surface area contributed by atoms with Crippen molar-refractivity contribution in [2.24, 2.45) is 5.73 Å². The maximum Gasteiger partial charge on any atom is 0.318 e. The van der Waals surface area contributed by atoms with E-state index in [1.807, 2.05) is 7.05 Å². The van der Waals surface area contributed by atoms with Crippen LogP contribution >= 0.6 is 0 Å². The number of urea groups is 1. The summed E-state index contributed by atoms with van der Waals surface area (Å²) in [6.07, 6.45) is 3.38. The van der Waals surface area contributed by atoms with Crippen molar-refractivity contribution in [3.05, 3.63) is 0 Å². The van der Waals surface area contributed by atoms with Crippen molar-refractivity contribution in [3.8, 4) is 0 Å². The van der Waals surface area contributed by atoms with E-state index >= 15 is 0 Å². The SMILES string of the molecule is CNCC1CCCCN1CC(=O)NC(N)=O. The second kappa shape index (κ2) is 6.44. The number of likely N-dealkylation sites (tertiary alicyclic amines) is 1. The lowest BCUT2D eigenvalue weighted by Gasteiger charge is -2.34. The van der Waals surface area contributed by atoms with E-state index in [4.69, 9.17) is 5.73 Å². The lowest BCUT2D eigenvalue weighted by atomic mass is 10.0. The molecule has 0 bridgehead atoms. The number of hydrogen-bond acceptors (Lipinski definition) is 4. The Morgan fingerprint density at radius 3 is 2.81 bits per heavy atom. The molecule has 0 aliphatic carbocycles. The molecule has 1 aliphatic rings. The second-order valence-corrected chi connectivity index (χ2v) is 4.09. The molecule has 0 aromatic carbocycles. The summed E-state index contributed by atoms with van der Waals surface area (Å²) < 4.78 is 0. The Balaban J connectivity index is 2.42. The van der Waals surface area contributed by atoms with Crippen molar-refractivity contribution >= 4 is 11.9 Å². The average molecular weight is 228 g/mol. The van der Waals surface area contributed by atoms with Crippen LogP contribution in [0.4, 0.5) is 4.79 Å². The predicted octanol–water partition coefficient (Wildman–Crippen LogP) is -0.745. The molecule has 1 unspecified atom stereocenters. The molecule has 0 saturated carbocycles. The number of imide groups is 1. The van der Waals surface area contributed by atoms with E-state index in [-0.39, 0.29) is 12.5 Å². The van der Waals surface area contributed by atoms with Gasteiger partial charge in [0.2, 0.25) is 5.91 Å². The Hall–Kier alpha value is -1.14. The summed E-state index contributed by atoms with van der Waals surface area (Å²) in [6.45, 7) is 2.01. The van der Waals surface area contributed by atoms with Crippen molar-refractivity contribution in [1.82, 2.24) is 15.5 Å². The van der Waals surface area contributed by atoms with Crippen LogP contribution in [0.3, 0.4) is 0 Å². The standard InChI is InChI=1S/C10H20N4O2/c1-12-6-8-4-2-3-5-14(8)7-9(15)13-10(11)16/h8,12H,2-7H2,1H3,(H3,11,13,15,16). The Labute approximate surface area is 95.5 Å². The van der Waals surface area contributed by atoms with Gasteiger partial charge in [0.15, 0.2) is 0 Å². The van der Waals surface area contributed by atoms with Crippen molar-refractivity contribution in [2.45, 2.75) is 25.3 Å². The molecule has 16 heavy (non-hydrogen) atoms. The van der Waals surface area contributed by atoms with Gasteiger partial charge in [-0.3, -0.25) is 15.0 Å². The third kappa shape index (κ3) is 4.16. The maximum absolute atomic E-state index is 11.4. The fourth-order valence-corrected chi connectivity index (χ4v) is 2.10. The number of carbonyl (C=O) groups is 2. The van der Waals surface area contributed by atoms with Gasteiger partial charge in [0, 0.05) is 12.6 Å². The number of amides is 3. The van der Waals surface area contributed by atoms with Crippen LogP contribution in [-0.2, 0) is 4.79 Å². The van der Waals surface area contributed by atoms with E-state index < -0.39 is 6.03 Å². The maximum atomic E-state index is 11.4. The monoisotopic (exact) mass is 228 g/mol. The first-order valence-electron chi connectivity index (χ1n) is 5.61. The van der Waals surface area contributed by atoms with E-state index in [0.29, 0.717) is 6.04 Å². The Bertz CT molecular complexity index is 255. The number of primary amides is 1. The number of rotatable bonds is 4. The zero-order valence-electron chi connectivity index (χ0n) is 9.66. The van der Waals surface area contributed by atoms with Gasteiger partial charge in [-0.15, -0.1) is 0 Å². The zero-order valence-corrected chi connectivity index (χ0v) is 9.66. The zero-order chi connectivity index (χ0) is 12.0. The third-order valence-electron chi connectivity index (χ3n) is 2.80. The molecule has 0 aromatic heterocycles. The third-order valence-corrected chi connectivity index (χ3v) is 2.80. The highest BCUT2D eigenvalue weighted by molar-refractivity contribution is 5.94. The Morgan fingerprint density at radius 2 is 2.19 bits per heavy atom. The summed E-state index contributed by atoms with van der Waals surface area (Å²) in [4.78, 5) is 24.0. The van der Waals surface area contributed by atoms with Crippen molar-refractivity contribution in [3.63, 3.8) is 0 Å². The molecule has 1 rings (SSSR count). The smallest absolute Gasteiger partial charge is 0.318 e. The molecule has 3 amide bonds. The van der Waals surface area contributed by atoms with Crippen molar-refractivity contribution in [1.29, 1.82) is 0 Å². The largest absolute Gasteiger partial charge is 0.351 e. The minimum atomic E-state index is -0.785. The van der Waals surface area contributed by atoms with Crippen LogP contribution in [0, 0.1) is 0 Å². The molecule has 1 heterocycles. The number of nitrogens with zero attached hydrogens (tertiary/aromatic N) is 1. The highest BCUT2D eigenvalue weighted by atomic mass is 16.2. The first kappa shape index (κ1) is 12.9. The molecule has 0 radical (unpaired) electrons. The number of hydrogen-bond donors (Lipinski definition) is 3. The van der Waals surface area contributed by atoms with E-state index in [0.717, 1.165) is 25.9 Å². The second-order valence-electron chi connectivity index (χ2n) is 4.09. The van der Waals surface area contributed by atoms with Gasteiger partial charge >= 0.3 is 6.03 Å². The first-order valence-corrected chi connectivity index (χ1v) is 5.61. The molecule has 1 saturated heterocycles. The van der Waals surface area contributed by atoms with E-state index in [1.54, 1.807) is 0 Å². The van der Waals surface area contributed by atoms with Gasteiger partial charge in [0.25, 0.3) is 0 Å². The average Bonchev–Trinajstić information content (AvgIpc) is 2.20. The van der Waals surface area contributed by atoms with Crippen LogP contribution in [0.15, 0.2) is 0 Å². The predicted molar refractivity (Wildman–Crippen MR) is 60.9 cm³/mol. The van der Waals surface area contributed by atoms with Crippen LogP contribution in [0.25, 0.3) is 0 Å². The minimum absolute atomic E-state index is 0.245. The fraction of sp³-hybridized carbons (Fsp3) is 0.800. The summed E-state index contributed by atoms with van der Waals surface area (Å²) in [6, 6.07) is -0.412. The van der Waals surface area contributed by atoms with E-state index in [1.165, 1.54) is 6.42 Å². The molecule has 1 fully saturated rings. The van der Waals surface area contributed by atoms with Gasteiger partial charge in [-0.1, -0.05) is 6.42 Å². The summed E-state index contributed by atoms with van der Waals surface area (Å²) in [5.41, 5.74) is 4.89. The lowest BCUT2D eigenvalue weighted by molar-refractivity contribution is -0.122. The molecule has 6 nitrogen and oxygen atoms in total. The van der Waals surface area contributed by atoms with E-state index in [9.17, 15) is 9.59 Å². The van der Waals surface area contributed by atoms with E-state index in [2.05, 4.69) is 15.5 Å². The van der Waals surface area contributed by atoms with Gasteiger partial charge in [-0.25, -0.2) is 4.79 Å². The molecule has 6 heteroatoms. The quantitative estimate of drug-likeness (QED) is 0.591. The van der Waals surface area contributed by atoms with Gasteiger partial charge < -0.3 is 11.1 Å². The molecule has 0 spiro atoms. The number of carbonyl (C=O) groups excluding carboxylic acids is 2. The molecule has 1 aliphatic heterocycles. The number of likely N-dealkylation sites (N-methyl/N-ethyl adjacent to an activating group) is 1. The lowest BCUT2D eigenvalue weighted by Crippen LogP contribution is -2.50. The molecule has 4 N–H and O–H groups in total. The molecule has 1 atom stereocenters. The van der Waals surface area contributed by atoms with Gasteiger partial charge in [-0.05, 0) is 26.4 Å². The minimum Gasteiger partial charge on any atom is -0.351 e.